The van der Waals surface area contributed by atoms with Gasteiger partial charge in [-0.25, -0.2) is 0 Å². The van der Waals surface area contributed by atoms with E-state index in [1.54, 1.807) is 0 Å². The van der Waals surface area contributed by atoms with E-state index in [1.165, 1.54) is 19.3 Å². The number of rotatable bonds is 2. The zero-order valence-electron chi connectivity index (χ0n) is 12.4. The molecule has 1 saturated carbocycles. The maximum absolute atomic E-state index is 12.8. The summed E-state index contributed by atoms with van der Waals surface area (Å²) in [5.74, 6) is 0.251. The average Bonchev–Trinajstić information content (AvgIpc) is 2.48. The molecular formula is C17H23ClN2O. The highest BCUT2D eigenvalue weighted by molar-refractivity contribution is 6.30. The van der Waals surface area contributed by atoms with Gasteiger partial charge in [0.2, 0.25) is 5.91 Å². The number of halogens is 1. The maximum Gasteiger partial charge on any atom is 0.227 e. The summed E-state index contributed by atoms with van der Waals surface area (Å²) in [6, 6.07) is 7.65. The van der Waals surface area contributed by atoms with Crippen LogP contribution in [0.1, 0.15) is 37.7 Å². The molecule has 2 fully saturated rings. The molecular weight excluding hydrogens is 284 g/mol. The van der Waals surface area contributed by atoms with Crippen molar-refractivity contribution >= 4 is 17.5 Å². The van der Waals surface area contributed by atoms with Crippen molar-refractivity contribution < 1.29 is 4.79 Å². The van der Waals surface area contributed by atoms with Crippen LogP contribution in [0.2, 0.25) is 5.02 Å². The van der Waals surface area contributed by atoms with Crippen molar-refractivity contribution in [2.45, 2.75) is 44.1 Å². The lowest BCUT2D eigenvalue weighted by atomic mass is 9.78. The van der Waals surface area contributed by atoms with Gasteiger partial charge in [-0.2, -0.15) is 0 Å². The van der Waals surface area contributed by atoms with Crippen LogP contribution in [0.25, 0.3) is 0 Å². The van der Waals surface area contributed by atoms with Crippen molar-refractivity contribution in [1.29, 1.82) is 0 Å². The molecule has 1 aliphatic carbocycles. The highest BCUT2D eigenvalue weighted by Gasteiger charge is 2.41. The zero-order chi connectivity index (χ0) is 14.7. The summed E-state index contributed by atoms with van der Waals surface area (Å²) in [5.41, 5.74) is 1.07. The van der Waals surface area contributed by atoms with Gasteiger partial charge in [0.25, 0.3) is 0 Å². The molecule has 0 unspecified atom stereocenters. The molecule has 1 heterocycles. The van der Waals surface area contributed by atoms with Crippen molar-refractivity contribution in [3.8, 4) is 0 Å². The monoisotopic (exact) mass is 306 g/mol. The first-order chi connectivity index (χ1) is 10.2. The van der Waals surface area contributed by atoms with Gasteiger partial charge < -0.3 is 10.2 Å². The number of nitrogens with one attached hydrogen (secondary N) is 1. The number of carbonyl (C=O) groups is 1. The van der Waals surface area contributed by atoms with E-state index in [-0.39, 0.29) is 11.4 Å². The Morgan fingerprint density at radius 2 is 2.10 bits per heavy atom. The van der Waals surface area contributed by atoms with Crippen LogP contribution in [-0.4, -0.2) is 36.0 Å². The Balaban J connectivity index is 1.75. The molecule has 3 rings (SSSR count). The van der Waals surface area contributed by atoms with Crippen LogP contribution >= 0.6 is 11.6 Å². The van der Waals surface area contributed by atoms with Gasteiger partial charge in [-0.05, 0) is 30.5 Å². The van der Waals surface area contributed by atoms with Crippen LogP contribution < -0.4 is 5.32 Å². The molecule has 1 aromatic carbocycles. The number of piperazine rings is 1. The van der Waals surface area contributed by atoms with E-state index in [4.69, 9.17) is 11.6 Å². The van der Waals surface area contributed by atoms with Crippen LogP contribution in [0.3, 0.4) is 0 Å². The summed E-state index contributed by atoms with van der Waals surface area (Å²) in [6.07, 6.45) is 6.52. The Morgan fingerprint density at radius 1 is 1.29 bits per heavy atom. The molecule has 1 aromatic rings. The minimum atomic E-state index is 0.0617. The molecule has 1 amide bonds. The van der Waals surface area contributed by atoms with E-state index in [9.17, 15) is 4.79 Å². The molecule has 1 saturated heterocycles. The number of benzene rings is 1. The summed E-state index contributed by atoms with van der Waals surface area (Å²) in [4.78, 5) is 15.0. The number of hydrogen-bond donors (Lipinski definition) is 1. The molecule has 2 aliphatic rings. The topological polar surface area (TPSA) is 32.3 Å². The normalized spacial score (nSPS) is 21.5. The summed E-state index contributed by atoms with van der Waals surface area (Å²) in [6.45, 7) is 2.69. The van der Waals surface area contributed by atoms with Crippen molar-refractivity contribution in [3.05, 3.63) is 34.9 Å². The van der Waals surface area contributed by atoms with E-state index < -0.39 is 0 Å². The fourth-order valence-corrected chi connectivity index (χ4v) is 4.02. The smallest absolute Gasteiger partial charge is 0.227 e. The second kappa shape index (κ2) is 6.37. The lowest BCUT2D eigenvalue weighted by molar-refractivity contribution is -0.140. The molecule has 114 valence electrons. The molecule has 3 nitrogen and oxygen atoms in total. The minimum absolute atomic E-state index is 0.0617. The highest BCUT2D eigenvalue weighted by atomic mass is 35.5. The van der Waals surface area contributed by atoms with E-state index in [0.29, 0.717) is 11.4 Å². The Hall–Kier alpha value is -1.06. The SMILES string of the molecule is O=C(Cc1cccc(Cl)c1)N1CCNCC12CCCCC2. The summed E-state index contributed by atoms with van der Waals surface area (Å²) < 4.78 is 0. The number of hydrogen-bond acceptors (Lipinski definition) is 2. The zero-order valence-corrected chi connectivity index (χ0v) is 13.2. The van der Waals surface area contributed by atoms with Crippen molar-refractivity contribution in [1.82, 2.24) is 10.2 Å². The molecule has 4 heteroatoms. The first kappa shape index (κ1) is 14.9. The Morgan fingerprint density at radius 3 is 2.86 bits per heavy atom. The highest BCUT2D eigenvalue weighted by Crippen LogP contribution is 2.35. The lowest BCUT2D eigenvalue weighted by Crippen LogP contribution is -2.63. The Labute approximate surface area is 131 Å². The van der Waals surface area contributed by atoms with Crippen LogP contribution in [0.4, 0.5) is 0 Å². The fraction of sp³-hybridized carbons (Fsp3) is 0.588. The third-order valence-electron chi connectivity index (χ3n) is 4.87. The molecule has 1 N–H and O–H groups in total. The number of nitrogens with zero attached hydrogens (tertiary/aromatic N) is 1. The van der Waals surface area contributed by atoms with E-state index in [1.807, 2.05) is 24.3 Å². The van der Waals surface area contributed by atoms with Gasteiger partial charge in [-0.1, -0.05) is 43.0 Å². The van der Waals surface area contributed by atoms with Gasteiger partial charge in [0.1, 0.15) is 0 Å². The molecule has 0 atom stereocenters. The fourth-order valence-electron chi connectivity index (χ4n) is 3.81. The van der Waals surface area contributed by atoms with Crippen LogP contribution in [0, 0.1) is 0 Å². The molecule has 0 aromatic heterocycles. The Bertz CT molecular complexity index is 503. The Kier molecular flexibility index (Phi) is 4.51. The second-order valence-electron chi connectivity index (χ2n) is 6.31. The molecule has 1 aliphatic heterocycles. The summed E-state index contributed by atoms with van der Waals surface area (Å²) >= 11 is 6.02. The molecule has 1 spiro atoms. The van der Waals surface area contributed by atoms with E-state index in [2.05, 4.69) is 10.2 Å². The second-order valence-corrected chi connectivity index (χ2v) is 6.75. The maximum atomic E-state index is 12.8. The van der Waals surface area contributed by atoms with Crippen LogP contribution in [0.15, 0.2) is 24.3 Å². The van der Waals surface area contributed by atoms with Gasteiger partial charge in [-0.15, -0.1) is 0 Å². The summed E-state index contributed by atoms with van der Waals surface area (Å²) in [5, 5.41) is 4.19. The van der Waals surface area contributed by atoms with E-state index >= 15 is 0 Å². The molecule has 21 heavy (non-hydrogen) atoms. The van der Waals surface area contributed by atoms with Gasteiger partial charge in [-0.3, -0.25) is 4.79 Å². The van der Waals surface area contributed by atoms with Crippen molar-refractivity contribution in [2.75, 3.05) is 19.6 Å². The van der Waals surface area contributed by atoms with Crippen LogP contribution in [-0.2, 0) is 11.2 Å². The third-order valence-corrected chi connectivity index (χ3v) is 5.10. The van der Waals surface area contributed by atoms with Gasteiger partial charge in [0.15, 0.2) is 0 Å². The first-order valence-corrected chi connectivity index (χ1v) is 8.33. The minimum Gasteiger partial charge on any atom is -0.334 e. The predicted molar refractivity (Wildman–Crippen MR) is 85.6 cm³/mol. The number of amides is 1. The number of carbonyl (C=O) groups excluding carboxylic acids is 1. The first-order valence-electron chi connectivity index (χ1n) is 7.95. The van der Waals surface area contributed by atoms with E-state index in [0.717, 1.165) is 38.0 Å². The van der Waals surface area contributed by atoms with Crippen molar-refractivity contribution in [3.63, 3.8) is 0 Å². The van der Waals surface area contributed by atoms with Gasteiger partial charge in [0.05, 0.1) is 12.0 Å². The molecule has 0 bridgehead atoms. The largest absolute Gasteiger partial charge is 0.334 e. The van der Waals surface area contributed by atoms with Crippen LogP contribution in [0.5, 0.6) is 0 Å². The summed E-state index contributed by atoms with van der Waals surface area (Å²) in [7, 11) is 0. The molecule has 0 radical (unpaired) electrons. The lowest BCUT2D eigenvalue weighted by Gasteiger charge is -2.50. The quantitative estimate of drug-likeness (QED) is 0.911. The standard InChI is InChI=1S/C17H23ClN2O/c18-15-6-4-5-14(11-15)12-16(21)20-10-9-19-13-17(20)7-2-1-3-8-17/h4-6,11,19H,1-3,7-10,12-13H2. The van der Waals surface area contributed by atoms with Crippen molar-refractivity contribution in [2.24, 2.45) is 0 Å². The van der Waals surface area contributed by atoms with Gasteiger partial charge in [0, 0.05) is 24.7 Å². The third kappa shape index (κ3) is 3.24. The predicted octanol–water partition coefficient (Wildman–Crippen LogP) is 3.02. The average molecular weight is 307 g/mol. The van der Waals surface area contributed by atoms with Gasteiger partial charge >= 0.3 is 0 Å².